The Morgan fingerprint density at radius 1 is 0.825 bits per heavy atom. The lowest BCUT2D eigenvalue weighted by Gasteiger charge is -2.30. The lowest BCUT2D eigenvalue weighted by molar-refractivity contribution is -0.145. The first-order valence-electron chi connectivity index (χ1n) is 12.8. The summed E-state index contributed by atoms with van der Waals surface area (Å²) in [6.07, 6.45) is 5.14. The largest absolute Gasteiger partial charge is 0.467 e. The Morgan fingerprint density at radius 3 is 2.00 bits per heavy atom. The second-order valence-electron chi connectivity index (χ2n) is 9.97. The highest BCUT2D eigenvalue weighted by Gasteiger charge is 2.43. The molecule has 3 aromatic carbocycles. The van der Waals surface area contributed by atoms with E-state index in [1.54, 1.807) is 49.8 Å². The van der Waals surface area contributed by atoms with Gasteiger partial charge >= 0.3 is 5.97 Å². The molecule has 0 fully saturated rings. The average Bonchev–Trinajstić information content (AvgIpc) is 3.70. The van der Waals surface area contributed by atoms with Crippen LogP contribution in [0.2, 0.25) is 0 Å². The van der Waals surface area contributed by atoms with E-state index < -0.39 is 35.0 Å². The van der Waals surface area contributed by atoms with Gasteiger partial charge in [-0.3, -0.25) is 4.79 Å². The molecule has 4 N–H and O–H groups in total. The first kappa shape index (κ1) is 25.4. The lowest BCUT2D eigenvalue weighted by Crippen LogP contribution is -2.51. The number of amides is 1. The van der Waals surface area contributed by atoms with Crippen molar-refractivity contribution in [1.29, 1.82) is 0 Å². The summed E-state index contributed by atoms with van der Waals surface area (Å²) >= 11 is 0. The third-order valence-electron chi connectivity index (χ3n) is 7.75. The molecule has 0 saturated heterocycles. The molecule has 1 amide bonds. The summed E-state index contributed by atoms with van der Waals surface area (Å²) in [5, 5.41) is 4.82. The first-order chi connectivity index (χ1) is 19.3. The number of H-pyrrole nitrogens is 3. The number of benzene rings is 3. The molecule has 1 atom stereocenters. The molecule has 3 aromatic heterocycles. The molecular formula is C31H26F2N4O3. The van der Waals surface area contributed by atoms with Crippen LogP contribution >= 0.6 is 0 Å². The Morgan fingerprint density at radius 2 is 1.40 bits per heavy atom. The molecule has 0 bridgehead atoms. The van der Waals surface area contributed by atoms with E-state index in [2.05, 4.69) is 20.3 Å². The van der Waals surface area contributed by atoms with Gasteiger partial charge < -0.3 is 25.0 Å². The summed E-state index contributed by atoms with van der Waals surface area (Å²) in [6.45, 7) is 1.68. The molecule has 0 saturated carbocycles. The van der Waals surface area contributed by atoms with Crippen molar-refractivity contribution in [1.82, 2.24) is 20.3 Å². The van der Waals surface area contributed by atoms with Crippen LogP contribution in [0.15, 0.2) is 79.3 Å². The van der Waals surface area contributed by atoms with Gasteiger partial charge in [0.15, 0.2) is 0 Å². The van der Waals surface area contributed by atoms with E-state index in [4.69, 9.17) is 4.74 Å². The molecule has 0 unspecified atom stereocenters. The topological polar surface area (TPSA) is 103 Å². The number of carbonyl (C=O) groups excluding carboxylic acids is 2. The van der Waals surface area contributed by atoms with Crippen molar-refractivity contribution in [2.45, 2.75) is 24.8 Å². The number of carbonyl (C=O) groups is 2. The Bertz CT molecular complexity index is 1820. The number of rotatable bonds is 7. The monoisotopic (exact) mass is 540 g/mol. The molecule has 0 aliphatic carbocycles. The van der Waals surface area contributed by atoms with Crippen LogP contribution in [0.25, 0.3) is 32.7 Å². The van der Waals surface area contributed by atoms with Gasteiger partial charge in [-0.2, -0.15) is 0 Å². The number of ether oxygens (including phenoxy) is 1. The minimum atomic E-state index is -1.47. The van der Waals surface area contributed by atoms with Crippen LogP contribution in [0.4, 0.5) is 8.78 Å². The van der Waals surface area contributed by atoms with Gasteiger partial charge in [-0.05, 0) is 41.8 Å². The van der Waals surface area contributed by atoms with Crippen molar-refractivity contribution in [2.75, 3.05) is 7.11 Å². The molecule has 6 aromatic rings. The Balaban J connectivity index is 1.48. The van der Waals surface area contributed by atoms with Gasteiger partial charge in [-0.15, -0.1) is 0 Å². The van der Waals surface area contributed by atoms with Gasteiger partial charge in [0.25, 0.3) is 0 Å². The predicted octanol–water partition coefficient (Wildman–Crippen LogP) is 5.62. The summed E-state index contributed by atoms with van der Waals surface area (Å²) in [6, 6.07) is 15.9. The number of fused-ring (bicyclic) bond motifs is 3. The molecule has 7 nitrogen and oxygen atoms in total. The normalized spacial score (nSPS) is 12.7. The molecule has 9 heteroatoms. The van der Waals surface area contributed by atoms with Crippen LogP contribution in [0, 0.1) is 11.6 Å². The fourth-order valence-electron chi connectivity index (χ4n) is 5.61. The SMILES string of the molecule is COC(=O)[C@H](Cc1c[nH]c2ccccc12)NC(=O)C(C)(c1c[nH]c2c(F)cccc12)c1c[nH]c2c(F)cccc12. The number of esters is 1. The van der Waals surface area contributed by atoms with Crippen molar-refractivity contribution in [3.63, 3.8) is 0 Å². The molecule has 0 aliphatic heterocycles. The number of aromatic nitrogens is 3. The number of aromatic amines is 3. The summed E-state index contributed by atoms with van der Waals surface area (Å²) in [7, 11) is 1.26. The Kier molecular flexibility index (Phi) is 6.14. The van der Waals surface area contributed by atoms with Crippen molar-refractivity contribution in [2.24, 2.45) is 0 Å². The molecule has 40 heavy (non-hydrogen) atoms. The van der Waals surface area contributed by atoms with Crippen LogP contribution in [0.3, 0.4) is 0 Å². The van der Waals surface area contributed by atoms with Crippen molar-refractivity contribution < 1.29 is 23.1 Å². The molecule has 202 valence electrons. The van der Waals surface area contributed by atoms with E-state index in [1.165, 1.54) is 19.2 Å². The minimum absolute atomic E-state index is 0.170. The lowest BCUT2D eigenvalue weighted by atomic mass is 9.74. The van der Waals surface area contributed by atoms with Crippen LogP contribution in [-0.4, -0.2) is 40.0 Å². The van der Waals surface area contributed by atoms with Crippen LogP contribution in [0.5, 0.6) is 0 Å². The van der Waals surface area contributed by atoms with E-state index >= 15 is 0 Å². The number of hydrogen-bond acceptors (Lipinski definition) is 3. The van der Waals surface area contributed by atoms with Crippen LogP contribution in [-0.2, 0) is 26.2 Å². The fraction of sp³-hybridized carbons (Fsp3) is 0.161. The van der Waals surface area contributed by atoms with E-state index in [0.29, 0.717) is 21.9 Å². The zero-order chi connectivity index (χ0) is 28.0. The standard InChI is InChI=1S/C31H26F2N4O3/c1-31(21-15-35-27-19(21)8-5-10-23(27)32,22-16-36-28-20(22)9-6-11-24(28)33)30(39)37-26(29(38)40-2)13-17-14-34-25-12-4-3-7-18(17)25/h3-12,14-16,26,34-36H,13H2,1-2H3,(H,37,39)/t26-/m0/s1. The van der Waals surface area contributed by atoms with Crippen molar-refractivity contribution >= 4 is 44.6 Å². The third-order valence-corrected chi connectivity index (χ3v) is 7.75. The maximum absolute atomic E-state index is 14.7. The second kappa shape index (κ2) is 9.68. The van der Waals surface area contributed by atoms with E-state index in [0.717, 1.165) is 16.5 Å². The minimum Gasteiger partial charge on any atom is -0.467 e. The Labute approximate surface area is 227 Å². The summed E-state index contributed by atoms with van der Waals surface area (Å²) in [5.74, 6) is -2.08. The second-order valence-corrected chi connectivity index (χ2v) is 9.97. The van der Waals surface area contributed by atoms with Crippen LogP contribution < -0.4 is 5.32 Å². The fourth-order valence-corrected chi connectivity index (χ4v) is 5.61. The van der Waals surface area contributed by atoms with Gasteiger partial charge in [0, 0.05) is 46.7 Å². The molecule has 6 rings (SSSR count). The molecule has 3 heterocycles. The number of nitrogens with one attached hydrogen (secondary N) is 4. The average molecular weight is 541 g/mol. The van der Waals surface area contributed by atoms with Crippen molar-refractivity contribution in [3.05, 3.63) is 108 Å². The quantitative estimate of drug-likeness (QED) is 0.198. The number of hydrogen-bond donors (Lipinski definition) is 4. The van der Waals surface area contributed by atoms with E-state index in [9.17, 15) is 18.4 Å². The van der Waals surface area contributed by atoms with Gasteiger partial charge in [0.2, 0.25) is 5.91 Å². The highest BCUT2D eigenvalue weighted by Crippen LogP contribution is 2.41. The zero-order valence-corrected chi connectivity index (χ0v) is 21.8. The van der Waals surface area contributed by atoms with E-state index in [-0.39, 0.29) is 17.5 Å². The molecule has 0 aliphatic rings. The summed E-state index contributed by atoms with van der Waals surface area (Å²) in [5.41, 5.74) is 1.69. The Hall–Kier alpha value is -4.92. The van der Waals surface area contributed by atoms with Gasteiger partial charge in [0.1, 0.15) is 23.1 Å². The number of halogens is 2. The zero-order valence-electron chi connectivity index (χ0n) is 21.8. The highest BCUT2D eigenvalue weighted by molar-refractivity contribution is 6.03. The highest BCUT2D eigenvalue weighted by atomic mass is 19.1. The van der Waals surface area contributed by atoms with Crippen molar-refractivity contribution in [3.8, 4) is 0 Å². The maximum Gasteiger partial charge on any atom is 0.328 e. The van der Waals surface area contributed by atoms with Gasteiger partial charge in [-0.1, -0.05) is 42.5 Å². The summed E-state index contributed by atoms with van der Waals surface area (Å²) in [4.78, 5) is 36.4. The number of para-hydroxylation sites is 3. The molecule has 0 radical (unpaired) electrons. The van der Waals surface area contributed by atoms with Gasteiger partial charge in [0.05, 0.1) is 18.1 Å². The van der Waals surface area contributed by atoms with Gasteiger partial charge in [-0.25, -0.2) is 13.6 Å². The predicted molar refractivity (Wildman–Crippen MR) is 149 cm³/mol. The summed E-state index contributed by atoms with van der Waals surface area (Å²) < 4.78 is 34.4. The van der Waals surface area contributed by atoms with E-state index in [1.807, 2.05) is 24.3 Å². The molecule has 0 spiro atoms. The smallest absolute Gasteiger partial charge is 0.328 e. The first-order valence-corrected chi connectivity index (χ1v) is 12.8. The third kappa shape index (κ3) is 3.93. The molecular weight excluding hydrogens is 514 g/mol. The maximum atomic E-state index is 14.7. The van der Waals surface area contributed by atoms with Crippen LogP contribution in [0.1, 0.15) is 23.6 Å². The number of methoxy groups -OCH3 is 1.